The van der Waals surface area contributed by atoms with Gasteiger partial charge in [0.05, 0.1) is 12.6 Å². The lowest BCUT2D eigenvalue weighted by Gasteiger charge is -2.25. The normalized spacial score (nSPS) is 13.6. The second-order valence-electron chi connectivity index (χ2n) is 4.99. The van der Waals surface area contributed by atoms with Gasteiger partial charge in [-0.3, -0.25) is 4.99 Å². The molecule has 0 fully saturated rings. The van der Waals surface area contributed by atoms with E-state index in [1.165, 1.54) is 18.2 Å². The van der Waals surface area contributed by atoms with E-state index < -0.39 is 17.7 Å². The molecule has 0 bridgehead atoms. The summed E-state index contributed by atoms with van der Waals surface area (Å²) >= 11 is 0. The molecule has 0 amide bonds. The highest BCUT2D eigenvalue weighted by molar-refractivity contribution is 5.78. The minimum Gasteiger partial charge on any atom is -0.370 e. The molecule has 1 aromatic rings. The number of halogens is 2. The van der Waals surface area contributed by atoms with E-state index in [0.29, 0.717) is 5.96 Å². The number of benzene rings is 1. The van der Waals surface area contributed by atoms with Crippen molar-refractivity contribution in [2.24, 2.45) is 10.7 Å². The van der Waals surface area contributed by atoms with Gasteiger partial charge in [-0.05, 0) is 40.1 Å². The van der Waals surface area contributed by atoms with Crippen LogP contribution in [0.2, 0.25) is 0 Å². The number of hydrogen-bond acceptors (Lipinski definition) is 2. The molecule has 6 heteroatoms. The summed E-state index contributed by atoms with van der Waals surface area (Å²) < 4.78 is 27.8. The predicted octanol–water partition coefficient (Wildman–Crippen LogP) is 2.22. The summed E-state index contributed by atoms with van der Waals surface area (Å²) in [6.45, 7) is 5.64. The van der Waals surface area contributed by atoms with Gasteiger partial charge in [0.1, 0.15) is 11.6 Å². The molecule has 0 saturated carbocycles. The number of hydrogen-bond donors (Lipinski definition) is 1. The topological polar surface area (TPSA) is 44.9 Å². The highest BCUT2D eigenvalue weighted by atomic mass is 19.1. The van der Waals surface area contributed by atoms with Gasteiger partial charge in [0, 0.05) is 18.7 Å². The van der Waals surface area contributed by atoms with E-state index in [4.69, 9.17) is 5.73 Å². The molecule has 0 aliphatic carbocycles. The average molecular weight is 298 g/mol. The third-order valence-corrected chi connectivity index (χ3v) is 3.47. The lowest BCUT2D eigenvalue weighted by molar-refractivity contribution is 0.289. The number of nitrogens with zero attached hydrogens (tertiary/aromatic N) is 3. The Morgan fingerprint density at radius 2 is 1.71 bits per heavy atom. The van der Waals surface area contributed by atoms with Crippen LogP contribution < -0.4 is 5.73 Å². The number of rotatable bonds is 6. The Labute approximate surface area is 125 Å². The maximum absolute atomic E-state index is 13.9. The molecule has 0 aromatic heterocycles. The van der Waals surface area contributed by atoms with Gasteiger partial charge in [0.25, 0.3) is 0 Å². The summed E-state index contributed by atoms with van der Waals surface area (Å²) in [7, 11) is 3.53. The fourth-order valence-electron chi connectivity index (χ4n) is 2.17. The Morgan fingerprint density at radius 1 is 1.19 bits per heavy atom. The molecule has 0 spiro atoms. The molecule has 4 nitrogen and oxygen atoms in total. The van der Waals surface area contributed by atoms with Crippen LogP contribution in [0, 0.1) is 11.6 Å². The standard InChI is InChI=1S/C15H24F2N4/c1-5-21(6-2)15(18)19-10-13(20(3)4)14-11(16)8-7-9-12(14)17/h7-9,13H,5-6,10H2,1-4H3,(H2,18,19). The largest absolute Gasteiger partial charge is 0.370 e. The Morgan fingerprint density at radius 3 is 2.14 bits per heavy atom. The number of guanidine groups is 1. The zero-order valence-corrected chi connectivity index (χ0v) is 13.1. The first-order valence-electron chi connectivity index (χ1n) is 7.07. The van der Waals surface area contributed by atoms with Gasteiger partial charge in [-0.2, -0.15) is 0 Å². The molecule has 1 aromatic carbocycles. The Hall–Kier alpha value is -1.69. The minimum absolute atomic E-state index is 0.0265. The van der Waals surface area contributed by atoms with Crippen LogP contribution in [-0.4, -0.2) is 49.5 Å². The van der Waals surface area contributed by atoms with E-state index in [2.05, 4.69) is 4.99 Å². The SMILES string of the molecule is CCN(CC)C(N)=NCC(c1c(F)cccc1F)N(C)C. The summed E-state index contributed by atoms with van der Waals surface area (Å²) in [5.41, 5.74) is 5.94. The third kappa shape index (κ3) is 4.39. The molecular formula is C15H24F2N4. The molecule has 0 radical (unpaired) electrons. The van der Waals surface area contributed by atoms with Crippen molar-refractivity contribution in [1.29, 1.82) is 0 Å². The molecule has 0 aliphatic heterocycles. The van der Waals surface area contributed by atoms with E-state index in [9.17, 15) is 8.78 Å². The first-order valence-corrected chi connectivity index (χ1v) is 7.07. The van der Waals surface area contributed by atoms with Crippen molar-refractivity contribution in [2.45, 2.75) is 19.9 Å². The van der Waals surface area contributed by atoms with Gasteiger partial charge in [-0.15, -0.1) is 0 Å². The Balaban J connectivity index is 3.02. The number of aliphatic imine (C=N–C) groups is 1. The molecule has 0 heterocycles. The zero-order chi connectivity index (χ0) is 16.0. The van der Waals surface area contributed by atoms with Crippen LogP contribution in [0.3, 0.4) is 0 Å². The van der Waals surface area contributed by atoms with Gasteiger partial charge in [-0.1, -0.05) is 6.07 Å². The lowest BCUT2D eigenvalue weighted by Crippen LogP contribution is -2.38. The summed E-state index contributed by atoms with van der Waals surface area (Å²) in [5.74, 6) is -0.737. The van der Waals surface area contributed by atoms with Gasteiger partial charge in [0.2, 0.25) is 0 Å². The van der Waals surface area contributed by atoms with Crippen LogP contribution >= 0.6 is 0 Å². The second kappa shape index (κ2) is 7.93. The van der Waals surface area contributed by atoms with Gasteiger partial charge in [0.15, 0.2) is 5.96 Å². The van der Waals surface area contributed by atoms with E-state index >= 15 is 0 Å². The quantitative estimate of drug-likeness (QED) is 0.647. The van der Waals surface area contributed by atoms with Gasteiger partial charge < -0.3 is 15.5 Å². The third-order valence-electron chi connectivity index (χ3n) is 3.47. The number of likely N-dealkylation sites (N-methyl/N-ethyl adjacent to an activating group) is 1. The van der Waals surface area contributed by atoms with Crippen molar-refractivity contribution in [3.8, 4) is 0 Å². The van der Waals surface area contributed by atoms with Crippen LogP contribution in [0.25, 0.3) is 0 Å². The van der Waals surface area contributed by atoms with E-state index in [1.807, 2.05) is 18.7 Å². The Bertz CT molecular complexity index is 464. The second-order valence-corrected chi connectivity index (χ2v) is 4.99. The van der Waals surface area contributed by atoms with Crippen LogP contribution in [0.5, 0.6) is 0 Å². The first kappa shape index (κ1) is 17.4. The van der Waals surface area contributed by atoms with Crippen molar-refractivity contribution in [1.82, 2.24) is 9.80 Å². The molecule has 118 valence electrons. The fraction of sp³-hybridized carbons (Fsp3) is 0.533. The summed E-state index contributed by atoms with van der Waals surface area (Å²) in [4.78, 5) is 7.92. The van der Waals surface area contributed by atoms with Crippen LogP contribution in [0.15, 0.2) is 23.2 Å². The molecular weight excluding hydrogens is 274 g/mol. The summed E-state index contributed by atoms with van der Waals surface area (Å²) in [6.07, 6.45) is 0. The highest BCUT2D eigenvalue weighted by Gasteiger charge is 2.22. The smallest absolute Gasteiger partial charge is 0.191 e. The monoisotopic (exact) mass is 298 g/mol. The maximum Gasteiger partial charge on any atom is 0.191 e. The van der Waals surface area contributed by atoms with Gasteiger partial charge in [-0.25, -0.2) is 8.78 Å². The van der Waals surface area contributed by atoms with Crippen LogP contribution in [-0.2, 0) is 0 Å². The van der Waals surface area contributed by atoms with Crippen molar-refractivity contribution >= 4 is 5.96 Å². The van der Waals surface area contributed by atoms with E-state index in [0.717, 1.165) is 13.1 Å². The van der Waals surface area contributed by atoms with Crippen molar-refractivity contribution in [3.63, 3.8) is 0 Å². The lowest BCUT2D eigenvalue weighted by atomic mass is 10.0. The molecule has 0 saturated heterocycles. The van der Waals surface area contributed by atoms with E-state index in [-0.39, 0.29) is 12.1 Å². The molecule has 1 rings (SSSR count). The van der Waals surface area contributed by atoms with Crippen molar-refractivity contribution in [3.05, 3.63) is 35.4 Å². The molecule has 1 atom stereocenters. The summed E-state index contributed by atoms with van der Waals surface area (Å²) in [6, 6.07) is 3.37. The molecule has 2 N–H and O–H groups in total. The van der Waals surface area contributed by atoms with E-state index in [1.54, 1.807) is 19.0 Å². The predicted molar refractivity (Wildman–Crippen MR) is 82.2 cm³/mol. The molecule has 0 aliphatic rings. The molecule has 21 heavy (non-hydrogen) atoms. The first-order chi connectivity index (χ1) is 9.92. The van der Waals surface area contributed by atoms with Crippen LogP contribution in [0.4, 0.5) is 8.78 Å². The fourth-order valence-corrected chi connectivity index (χ4v) is 2.17. The van der Waals surface area contributed by atoms with Crippen molar-refractivity contribution in [2.75, 3.05) is 33.7 Å². The maximum atomic E-state index is 13.9. The number of nitrogens with two attached hydrogens (primary N) is 1. The Kier molecular flexibility index (Phi) is 6.55. The highest BCUT2D eigenvalue weighted by Crippen LogP contribution is 2.24. The summed E-state index contributed by atoms with van der Waals surface area (Å²) in [5, 5.41) is 0. The molecule has 1 unspecified atom stereocenters. The zero-order valence-electron chi connectivity index (χ0n) is 13.1. The van der Waals surface area contributed by atoms with Crippen LogP contribution in [0.1, 0.15) is 25.5 Å². The average Bonchev–Trinajstić information content (AvgIpc) is 2.42. The van der Waals surface area contributed by atoms with Gasteiger partial charge >= 0.3 is 0 Å². The minimum atomic E-state index is -0.565. The van der Waals surface area contributed by atoms with Crippen molar-refractivity contribution < 1.29 is 8.78 Å².